The van der Waals surface area contributed by atoms with Crippen molar-refractivity contribution in [3.05, 3.63) is 38.6 Å². The first-order chi connectivity index (χ1) is 11.2. The Morgan fingerprint density at radius 1 is 1.38 bits per heavy atom. The molecular formula is C18H27IN2OSSi. The van der Waals surface area contributed by atoms with Crippen molar-refractivity contribution >= 4 is 42.2 Å². The minimum Gasteiger partial charge on any atom is -0.414 e. The average Bonchev–Trinajstić information content (AvgIpc) is 3.07. The maximum Gasteiger partial charge on any atom is 0.192 e. The van der Waals surface area contributed by atoms with Crippen molar-refractivity contribution in [2.45, 2.75) is 63.9 Å². The van der Waals surface area contributed by atoms with Crippen LogP contribution in [0.15, 0.2) is 30.2 Å². The zero-order valence-electron chi connectivity index (χ0n) is 15.1. The van der Waals surface area contributed by atoms with Crippen molar-refractivity contribution < 1.29 is 4.43 Å². The molecule has 0 saturated heterocycles. The Labute approximate surface area is 164 Å². The van der Waals surface area contributed by atoms with Crippen LogP contribution in [0.25, 0.3) is 0 Å². The molecule has 0 spiro atoms. The summed E-state index contributed by atoms with van der Waals surface area (Å²) in [6, 6.07) is 2.62. The van der Waals surface area contributed by atoms with Gasteiger partial charge < -0.3 is 8.99 Å². The minimum absolute atomic E-state index is 0.283. The lowest BCUT2D eigenvalue weighted by Gasteiger charge is -2.47. The Morgan fingerprint density at radius 3 is 2.58 bits per heavy atom. The van der Waals surface area contributed by atoms with Crippen molar-refractivity contribution in [2.24, 2.45) is 5.92 Å². The van der Waals surface area contributed by atoms with E-state index in [1.807, 2.05) is 23.9 Å². The van der Waals surface area contributed by atoms with Crippen LogP contribution in [0, 0.1) is 9.49 Å². The van der Waals surface area contributed by atoms with E-state index in [1.54, 1.807) is 0 Å². The third-order valence-corrected chi connectivity index (χ3v) is 12.4. The van der Waals surface area contributed by atoms with Crippen LogP contribution < -0.4 is 0 Å². The van der Waals surface area contributed by atoms with E-state index in [-0.39, 0.29) is 5.04 Å². The molecule has 6 heteroatoms. The van der Waals surface area contributed by atoms with Crippen molar-refractivity contribution in [1.82, 2.24) is 9.55 Å². The molecule has 0 radical (unpaired) electrons. The second kappa shape index (κ2) is 6.85. The van der Waals surface area contributed by atoms with E-state index in [0.29, 0.717) is 18.1 Å². The van der Waals surface area contributed by atoms with E-state index in [2.05, 4.69) is 83.7 Å². The molecule has 2 heterocycles. The van der Waals surface area contributed by atoms with Crippen LogP contribution >= 0.6 is 33.9 Å². The Kier molecular flexibility index (Phi) is 5.31. The summed E-state index contributed by atoms with van der Waals surface area (Å²) in [5.41, 5.74) is 0. The van der Waals surface area contributed by atoms with Crippen LogP contribution in [-0.2, 0) is 4.43 Å². The maximum absolute atomic E-state index is 6.60. The monoisotopic (exact) mass is 474 g/mol. The van der Waals surface area contributed by atoms with E-state index in [0.717, 1.165) is 12.8 Å². The van der Waals surface area contributed by atoms with Crippen LogP contribution in [-0.4, -0.2) is 24.0 Å². The zero-order chi connectivity index (χ0) is 17.5. The predicted molar refractivity (Wildman–Crippen MR) is 112 cm³/mol. The van der Waals surface area contributed by atoms with Gasteiger partial charge in [0.2, 0.25) is 0 Å². The van der Waals surface area contributed by atoms with Crippen molar-refractivity contribution in [3.8, 4) is 0 Å². The molecular weight excluding hydrogens is 447 g/mol. The summed E-state index contributed by atoms with van der Waals surface area (Å²) >= 11 is 4.32. The molecule has 3 nitrogen and oxygen atoms in total. The SMILES string of the molecule is CC(C)(C)[Si](C)(C)OC1CC(C(c2sccc2I)n2ccnc2)C1. The molecule has 1 fully saturated rings. The van der Waals surface area contributed by atoms with Gasteiger partial charge >= 0.3 is 0 Å². The maximum atomic E-state index is 6.60. The lowest BCUT2D eigenvalue weighted by atomic mass is 9.76. The molecule has 0 amide bonds. The number of rotatable bonds is 5. The molecule has 2 aromatic rings. The molecule has 3 rings (SSSR count). The highest BCUT2D eigenvalue weighted by Gasteiger charge is 2.44. The number of hydrogen-bond donors (Lipinski definition) is 0. The normalized spacial score (nSPS) is 23.1. The van der Waals surface area contributed by atoms with Crippen LogP contribution in [0.1, 0.15) is 44.5 Å². The van der Waals surface area contributed by atoms with E-state index < -0.39 is 8.32 Å². The molecule has 1 aliphatic carbocycles. The first-order valence-electron chi connectivity index (χ1n) is 8.57. The zero-order valence-corrected chi connectivity index (χ0v) is 19.1. The minimum atomic E-state index is -1.66. The first-order valence-corrected chi connectivity index (χ1v) is 13.4. The summed E-state index contributed by atoms with van der Waals surface area (Å²) in [4.78, 5) is 5.74. The van der Waals surface area contributed by atoms with Gasteiger partial charge in [-0.3, -0.25) is 0 Å². The van der Waals surface area contributed by atoms with Crippen LogP contribution in [0.5, 0.6) is 0 Å². The van der Waals surface area contributed by atoms with Crippen LogP contribution in [0.3, 0.4) is 0 Å². The average molecular weight is 474 g/mol. The standard InChI is InChI=1S/C18H27IN2OSSi/c1-18(2,3)24(4,5)22-14-10-13(11-14)16(21-8-7-20-12-21)17-15(19)6-9-23-17/h6-9,12-14,16H,10-11H2,1-5H3. The number of aromatic nitrogens is 2. The fourth-order valence-corrected chi connectivity index (χ4v) is 6.59. The lowest BCUT2D eigenvalue weighted by Crippen LogP contribution is -2.48. The summed E-state index contributed by atoms with van der Waals surface area (Å²) in [5, 5.41) is 2.48. The van der Waals surface area contributed by atoms with Crippen molar-refractivity contribution in [3.63, 3.8) is 0 Å². The highest BCUT2D eigenvalue weighted by atomic mass is 127. The Bertz CT molecular complexity index is 672. The van der Waals surface area contributed by atoms with Gasteiger partial charge in [-0.2, -0.15) is 0 Å². The first kappa shape index (κ1) is 18.6. The largest absolute Gasteiger partial charge is 0.414 e. The summed E-state index contributed by atoms with van der Waals surface area (Å²) in [6.45, 7) is 11.7. The van der Waals surface area contributed by atoms with Gasteiger partial charge in [0.05, 0.1) is 12.4 Å². The number of halogens is 1. The molecule has 0 aromatic carbocycles. The highest BCUT2D eigenvalue weighted by Crippen LogP contribution is 2.47. The van der Waals surface area contributed by atoms with Crippen molar-refractivity contribution in [2.75, 3.05) is 0 Å². The molecule has 0 N–H and O–H groups in total. The molecule has 1 unspecified atom stereocenters. The summed E-state index contributed by atoms with van der Waals surface area (Å²) < 4.78 is 10.2. The van der Waals surface area contributed by atoms with Crippen LogP contribution in [0.4, 0.5) is 0 Å². The Balaban J connectivity index is 1.71. The fourth-order valence-electron chi connectivity index (χ4n) is 3.10. The topological polar surface area (TPSA) is 27.1 Å². The van der Waals surface area contributed by atoms with Gasteiger partial charge in [-0.1, -0.05) is 20.8 Å². The lowest BCUT2D eigenvalue weighted by molar-refractivity contribution is 0.0346. The summed E-state index contributed by atoms with van der Waals surface area (Å²) in [5.74, 6) is 0.640. The van der Waals surface area contributed by atoms with E-state index in [1.165, 1.54) is 8.45 Å². The molecule has 132 valence electrons. The summed E-state index contributed by atoms with van der Waals surface area (Å²) in [6.07, 6.45) is 8.69. The van der Waals surface area contributed by atoms with Gasteiger partial charge in [0.25, 0.3) is 0 Å². The van der Waals surface area contributed by atoms with Crippen LogP contribution in [0.2, 0.25) is 18.1 Å². The third-order valence-electron chi connectivity index (χ3n) is 5.60. The number of thiophene rings is 1. The molecule has 1 atom stereocenters. The number of nitrogens with zero attached hydrogens (tertiary/aromatic N) is 2. The van der Waals surface area contributed by atoms with Gasteiger partial charge in [-0.25, -0.2) is 4.98 Å². The quantitative estimate of drug-likeness (QED) is 0.396. The predicted octanol–water partition coefficient (Wildman–Crippen LogP) is 5.94. The molecule has 2 aromatic heterocycles. The molecule has 1 aliphatic rings. The number of hydrogen-bond acceptors (Lipinski definition) is 3. The highest BCUT2D eigenvalue weighted by molar-refractivity contribution is 14.1. The van der Waals surface area contributed by atoms with Gasteiger partial charge in [0, 0.05) is 26.9 Å². The van der Waals surface area contributed by atoms with Gasteiger partial charge in [-0.05, 0) is 70.9 Å². The van der Waals surface area contributed by atoms with Gasteiger partial charge in [0.1, 0.15) is 0 Å². The number of imidazole rings is 1. The van der Waals surface area contributed by atoms with E-state index in [9.17, 15) is 0 Å². The second-order valence-corrected chi connectivity index (χ2v) is 15.2. The summed E-state index contributed by atoms with van der Waals surface area (Å²) in [7, 11) is -1.66. The van der Waals surface area contributed by atoms with Crippen molar-refractivity contribution in [1.29, 1.82) is 0 Å². The second-order valence-electron chi connectivity index (χ2n) is 8.32. The molecule has 24 heavy (non-hydrogen) atoms. The van der Waals surface area contributed by atoms with Gasteiger partial charge in [-0.15, -0.1) is 11.3 Å². The molecule has 0 aliphatic heterocycles. The molecule has 1 saturated carbocycles. The third kappa shape index (κ3) is 3.66. The molecule has 0 bridgehead atoms. The Hall–Kier alpha value is -0.183. The van der Waals surface area contributed by atoms with E-state index >= 15 is 0 Å². The van der Waals surface area contributed by atoms with E-state index in [4.69, 9.17) is 4.43 Å². The smallest absolute Gasteiger partial charge is 0.192 e. The fraction of sp³-hybridized carbons (Fsp3) is 0.611. The Morgan fingerprint density at radius 2 is 2.08 bits per heavy atom. The van der Waals surface area contributed by atoms with Gasteiger partial charge in [0.15, 0.2) is 8.32 Å².